The zero-order valence-electron chi connectivity index (χ0n) is 10.4. The Bertz CT molecular complexity index is 414. The van der Waals surface area contributed by atoms with E-state index >= 15 is 0 Å². The van der Waals surface area contributed by atoms with E-state index < -0.39 is 0 Å². The average molecular weight is 250 g/mol. The Kier molecular flexibility index (Phi) is 4.31. The van der Waals surface area contributed by atoms with Crippen LogP contribution in [0.15, 0.2) is 24.3 Å². The molecule has 1 fully saturated rings. The quantitative estimate of drug-likeness (QED) is 0.866. The van der Waals surface area contributed by atoms with Gasteiger partial charge in [0.2, 0.25) is 5.91 Å². The third-order valence-electron chi connectivity index (χ3n) is 3.47. The Labute approximate surface area is 107 Å². The molecule has 0 spiro atoms. The van der Waals surface area contributed by atoms with E-state index in [4.69, 9.17) is 5.73 Å². The Morgan fingerprint density at radius 1 is 1.33 bits per heavy atom. The maximum absolute atomic E-state index is 13.0. The second-order valence-corrected chi connectivity index (χ2v) is 5.04. The van der Waals surface area contributed by atoms with Crippen molar-refractivity contribution < 1.29 is 9.18 Å². The lowest BCUT2D eigenvalue weighted by Gasteiger charge is -2.25. The zero-order chi connectivity index (χ0) is 13.0. The fraction of sp³-hybridized carbons (Fsp3) is 0.500. The van der Waals surface area contributed by atoms with Crippen molar-refractivity contribution in [3.05, 3.63) is 30.1 Å². The van der Waals surface area contributed by atoms with Crippen molar-refractivity contribution in [2.75, 3.05) is 5.32 Å². The Morgan fingerprint density at radius 3 is 2.72 bits per heavy atom. The molecule has 0 bridgehead atoms. The number of amides is 1. The minimum Gasteiger partial charge on any atom is -0.328 e. The van der Waals surface area contributed by atoms with E-state index in [1.54, 1.807) is 12.1 Å². The first kappa shape index (κ1) is 13.0. The van der Waals surface area contributed by atoms with E-state index in [0.29, 0.717) is 24.1 Å². The Hall–Kier alpha value is -1.42. The molecule has 1 saturated carbocycles. The van der Waals surface area contributed by atoms with Crippen molar-refractivity contribution in [3.63, 3.8) is 0 Å². The highest BCUT2D eigenvalue weighted by atomic mass is 19.1. The summed E-state index contributed by atoms with van der Waals surface area (Å²) in [6, 6.07) is 6.27. The van der Waals surface area contributed by atoms with Gasteiger partial charge in [-0.15, -0.1) is 0 Å². The summed E-state index contributed by atoms with van der Waals surface area (Å²) < 4.78 is 13.0. The predicted molar refractivity (Wildman–Crippen MR) is 69.6 cm³/mol. The molecule has 0 aliphatic heterocycles. The summed E-state index contributed by atoms with van der Waals surface area (Å²) in [5.74, 6) is 0.0378. The maximum Gasteiger partial charge on any atom is 0.224 e. The number of carbonyl (C=O) groups excluding carboxylic acids is 1. The van der Waals surface area contributed by atoms with E-state index in [2.05, 4.69) is 5.32 Å². The van der Waals surface area contributed by atoms with Gasteiger partial charge in [0.1, 0.15) is 5.82 Å². The molecule has 4 heteroatoms. The molecular weight excluding hydrogens is 231 g/mol. The van der Waals surface area contributed by atoms with E-state index in [9.17, 15) is 9.18 Å². The Balaban J connectivity index is 1.82. The van der Waals surface area contributed by atoms with Crippen LogP contribution in [-0.4, -0.2) is 11.9 Å². The molecule has 0 atom stereocenters. The van der Waals surface area contributed by atoms with Crippen molar-refractivity contribution in [2.24, 2.45) is 11.7 Å². The second-order valence-electron chi connectivity index (χ2n) is 5.04. The summed E-state index contributed by atoms with van der Waals surface area (Å²) in [7, 11) is 0. The van der Waals surface area contributed by atoms with Gasteiger partial charge in [0, 0.05) is 18.2 Å². The van der Waals surface area contributed by atoms with Gasteiger partial charge in [-0.2, -0.15) is 0 Å². The van der Waals surface area contributed by atoms with Gasteiger partial charge < -0.3 is 11.1 Å². The molecular formula is C14H19FN2O. The average Bonchev–Trinajstić information content (AvgIpc) is 2.32. The maximum atomic E-state index is 13.0. The van der Waals surface area contributed by atoms with E-state index in [1.807, 2.05) is 0 Å². The van der Waals surface area contributed by atoms with Crippen molar-refractivity contribution in [3.8, 4) is 0 Å². The number of nitrogens with one attached hydrogen (secondary N) is 1. The van der Waals surface area contributed by atoms with Gasteiger partial charge in [-0.3, -0.25) is 4.79 Å². The van der Waals surface area contributed by atoms with Crippen LogP contribution in [0.2, 0.25) is 0 Å². The van der Waals surface area contributed by atoms with Crippen LogP contribution in [0.1, 0.15) is 32.1 Å². The van der Waals surface area contributed by atoms with Gasteiger partial charge in [-0.25, -0.2) is 4.39 Å². The molecule has 0 radical (unpaired) electrons. The molecule has 0 aromatic heterocycles. The number of benzene rings is 1. The lowest BCUT2D eigenvalue weighted by Crippen LogP contribution is -2.28. The van der Waals surface area contributed by atoms with Crippen molar-refractivity contribution >= 4 is 11.6 Å². The van der Waals surface area contributed by atoms with Gasteiger partial charge >= 0.3 is 0 Å². The molecule has 3 N–H and O–H groups in total. The van der Waals surface area contributed by atoms with Crippen LogP contribution in [0.5, 0.6) is 0 Å². The largest absolute Gasteiger partial charge is 0.328 e. The molecule has 1 aliphatic carbocycles. The van der Waals surface area contributed by atoms with Gasteiger partial charge in [0.05, 0.1) is 0 Å². The molecule has 1 amide bonds. The summed E-state index contributed by atoms with van der Waals surface area (Å²) >= 11 is 0. The molecule has 2 rings (SSSR count). The molecule has 98 valence electrons. The monoisotopic (exact) mass is 250 g/mol. The van der Waals surface area contributed by atoms with Crippen LogP contribution >= 0.6 is 0 Å². The number of anilines is 1. The van der Waals surface area contributed by atoms with Gasteiger partial charge in [0.25, 0.3) is 0 Å². The van der Waals surface area contributed by atoms with Crippen molar-refractivity contribution in [2.45, 2.75) is 38.1 Å². The van der Waals surface area contributed by atoms with Crippen LogP contribution in [0.3, 0.4) is 0 Å². The molecule has 3 nitrogen and oxygen atoms in total. The second kappa shape index (κ2) is 5.96. The minimum atomic E-state index is -0.337. The van der Waals surface area contributed by atoms with Crippen LogP contribution in [-0.2, 0) is 4.79 Å². The van der Waals surface area contributed by atoms with E-state index in [1.165, 1.54) is 12.1 Å². The topological polar surface area (TPSA) is 55.1 Å². The summed E-state index contributed by atoms with van der Waals surface area (Å²) in [5, 5.41) is 2.73. The zero-order valence-corrected chi connectivity index (χ0v) is 10.4. The molecule has 1 aromatic carbocycles. The third kappa shape index (κ3) is 3.81. The summed E-state index contributed by atoms with van der Waals surface area (Å²) in [6.07, 6.45) is 4.52. The normalized spacial score (nSPS) is 23.7. The fourth-order valence-electron chi connectivity index (χ4n) is 2.43. The summed E-state index contributed by atoms with van der Waals surface area (Å²) in [6.45, 7) is 0. The number of hydrogen-bond acceptors (Lipinski definition) is 2. The minimum absolute atomic E-state index is 0.0407. The first-order valence-corrected chi connectivity index (χ1v) is 6.44. The van der Waals surface area contributed by atoms with Gasteiger partial charge in [0.15, 0.2) is 0 Å². The SMILES string of the molecule is NC1CCC(CC(=O)Nc2cccc(F)c2)CC1. The molecule has 0 heterocycles. The summed E-state index contributed by atoms with van der Waals surface area (Å²) in [4.78, 5) is 11.8. The van der Waals surface area contributed by atoms with Crippen LogP contribution in [0.4, 0.5) is 10.1 Å². The lowest BCUT2D eigenvalue weighted by molar-refractivity contribution is -0.117. The van der Waals surface area contributed by atoms with Crippen molar-refractivity contribution in [1.29, 1.82) is 0 Å². The molecule has 0 saturated heterocycles. The lowest BCUT2D eigenvalue weighted by atomic mass is 9.84. The molecule has 1 aromatic rings. The number of halogens is 1. The van der Waals surface area contributed by atoms with Gasteiger partial charge in [-0.05, 0) is 49.8 Å². The van der Waals surface area contributed by atoms with Gasteiger partial charge in [-0.1, -0.05) is 6.07 Å². The third-order valence-corrected chi connectivity index (χ3v) is 3.47. The Morgan fingerprint density at radius 2 is 2.06 bits per heavy atom. The first-order chi connectivity index (χ1) is 8.63. The smallest absolute Gasteiger partial charge is 0.224 e. The molecule has 1 aliphatic rings. The first-order valence-electron chi connectivity index (χ1n) is 6.44. The number of nitrogens with two attached hydrogens (primary N) is 1. The highest BCUT2D eigenvalue weighted by molar-refractivity contribution is 5.90. The van der Waals surface area contributed by atoms with E-state index in [-0.39, 0.29) is 11.7 Å². The van der Waals surface area contributed by atoms with E-state index in [0.717, 1.165) is 25.7 Å². The number of hydrogen-bond donors (Lipinski definition) is 2. The van der Waals surface area contributed by atoms with Crippen LogP contribution in [0.25, 0.3) is 0 Å². The predicted octanol–water partition coefficient (Wildman–Crippen LogP) is 2.67. The van der Waals surface area contributed by atoms with Crippen molar-refractivity contribution in [1.82, 2.24) is 0 Å². The number of carbonyl (C=O) groups is 1. The fourth-order valence-corrected chi connectivity index (χ4v) is 2.43. The molecule has 0 unspecified atom stereocenters. The summed E-state index contributed by atoms with van der Waals surface area (Å²) in [5.41, 5.74) is 6.35. The highest BCUT2D eigenvalue weighted by Crippen LogP contribution is 2.26. The van der Waals surface area contributed by atoms with Crippen LogP contribution < -0.4 is 11.1 Å². The number of rotatable bonds is 3. The highest BCUT2D eigenvalue weighted by Gasteiger charge is 2.20. The standard InChI is InChI=1S/C14H19FN2O/c15-11-2-1-3-13(9-11)17-14(18)8-10-4-6-12(16)7-5-10/h1-3,9-10,12H,4-8,16H2,(H,17,18). The van der Waals surface area contributed by atoms with Crippen LogP contribution in [0, 0.1) is 11.7 Å². The molecule has 18 heavy (non-hydrogen) atoms.